The van der Waals surface area contributed by atoms with Crippen LogP contribution in [0.3, 0.4) is 0 Å². The number of aliphatic hydroxyl groups is 1. The second-order valence-corrected chi connectivity index (χ2v) is 10.2. The molecule has 0 radical (unpaired) electrons. The maximum absolute atomic E-state index is 13.1. The van der Waals surface area contributed by atoms with Crippen LogP contribution >= 0.6 is 0 Å². The fourth-order valence-corrected chi connectivity index (χ4v) is 5.39. The average Bonchev–Trinajstić information content (AvgIpc) is 2.98. The lowest BCUT2D eigenvalue weighted by Gasteiger charge is -2.45. The van der Waals surface area contributed by atoms with E-state index in [0.717, 1.165) is 5.56 Å². The molecule has 31 heavy (non-hydrogen) atoms. The molecule has 0 saturated heterocycles. The van der Waals surface area contributed by atoms with Gasteiger partial charge in [0.05, 0.1) is 18.8 Å². The zero-order valence-corrected chi connectivity index (χ0v) is 19.6. The molecule has 2 unspecified atom stereocenters. The predicted molar refractivity (Wildman–Crippen MR) is 117 cm³/mol. The van der Waals surface area contributed by atoms with Crippen LogP contribution in [0.1, 0.15) is 58.9 Å². The summed E-state index contributed by atoms with van der Waals surface area (Å²) < 4.78 is 23.6. The van der Waals surface area contributed by atoms with Crippen molar-refractivity contribution in [3.8, 4) is 0 Å². The highest BCUT2D eigenvalue weighted by molar-refractivity contribution is 5.88. The summed E-state index contributed by atoms with van der Waals surface area (Å²) in [5.74, 6) is -0.118. The molecular formula is C25H38O6. The van der Waals surface area contributed by atoms with Crippen molar-refractivity contribution in [1.82, 2.24) is 0 Å². The fraction of sp³-hybridized carbons (Fsp3) is 0.720. The number of methoxy groups -OCH3 is 1. The number of Topliss-reactive ketones (excluding diaryl/α,β-unsaturated/α-hetero) is 1. The number of fused-ring (bicyclic) bond motifs is 2. The molecule has 1 aromatic carbocycles. The lowest BCUT2D eigenvalue weighted by Crippen LogP contribution is -2.53. The molecule has 0 heterocycles. The van der Waals surface area contributed by atoms with Crippen LogP contribution in [0.25, 0.3) is 0 Å². The van der Waals surface area contributed by atoms with Gasteiger partial charge in [-0.2, -0.15) is 0 Å². The topological polar surface area (TPSA) is 74.2 Å². The highest BCUT2D eigenvalue weighted by atomic mass is 16.7. The van der Waals surface area contributed by atoms with E-state index < -0.39 is 11.0 Å². The molecular weight excluding hydrogens is 396 g/mol. The van der Waals surface area contributed by atoms with E-state index in [4.69, 9.17) is 18.9 Å². The zero-order valence-electron chi connectivity index (χ0n) is 19.6. The van der Waals surface area contributed by atoms with E-state index in [-0.39, 0.29) is 42.9 Å². The fourth-order valence-electron chi connectivity index (χ4n) is 5.39. The van der Waals surface area contributed by atoms with E-state index in [1.165, 1.54) is 0 Å². The summed E-state index contributed by atoms with van der Waals surface area (Å²) in [5, 5.41) is 11.4. The standard InChI is InChI=1S/C25H38O6/c1-23(2)13-12-20(26)25(27)14-11-19(24(25,3)4)21(30-16-28-5)22(23)31-17-29-15-18-9-7-6-8-10-18/h6-10,19,21-22,27H,11-17H2,1-5H3/t19?,21-,22-,25?/m1/s1. The van der Waals surface area contributed by atoms with Gasteiger partial charge >= 0.3 is 0 Å². The molecule has 0 aromatic heterocycles. The number of ketones is 1. The van der Waals surface area contributed by atoms with Gasteiger partial charge in [-0.05, 0) is 36.2 Å². The number of benzene rings is 1. The van der Waals surface area contributed by atoms with Gasteiger partial charge in [-0.1, -0.05) is 58.0 Å². The molecule has 6 nitrogen and oxygen atoms in total. The van der Waals surface area contributed by atoms with E-state index in [9.17, 15) is 9.90 Å². The molecule has 2 saturated carbocycles. The van der Waals surface area contributed by atoms with Gasteiger partial charge in [0.2, 0.25) is 0 Å². The number of carbonyl (C=O) groups excluding carboxylic acids is 1. The maximum atomic E-state index is 13.1. The number of rotatable bonds is 8. The zero-order chi connectivity index (χ0) is 22.7. The van der Waals surface area contributed by atoms with Gasteiger partial charge in [0, 0.05) is 18.9 Å². The van der Waals surface area contributed by atoms with Crippen molar-refractivity contribution >= 4 is 5.78 Å². The molecule has 2 aliphatic carbocycles. The summed E-state index contributed by atoms with van der Waals surface area (Å²) in [5.41, 5.74) is -1.22. The lowest BCUT2D eigenvalue weighted by atomic mass is 9.67. The third kappa shape index (κ3) is 4.88. The van der Waals surface area contributed by atoms with Crippen molar-refractivity contribution in [2.45, 2.75) is 77.8 Å². The Morgan fingerprint density at radius 2 is 1.74 bits per heavy atom. The Labute approximate surface area is 186 Å². The molecule has 2 aliphatic rings. The average molecular weight is 435 g/mol. The number of carbonyl (C=O) groups is 1. The van der Waals surface area contributed by atoms with Crippen molar-refractivity contribution in [2.75, 3.05) is 20.7 Å². The second-order valence-electron chi connectivity index (χ2n) is 10.2. The van der Waals surface area contributed by atoms with E-state index in [1.807, 2.05) is 44.2 Å². The van der Waals surface area contributed by atoms with E-state index in [0.29, 0.717) is 32.3 Å². The van der Waals surface area contributed by atoms with E-state index >= 15 is 0 Å². The van der Waals surface area contributed by atoms with Crippen LogP contribution in [0, 0.1) is 16.7 Å². The molecule has 4 atom stereocenters. The van der Waals surface area contributed by atoms with Crippen molar-refractivity contribution in [3.63, 3.8) is 0 Å². The first-order valence-corrected chi connectivity index (χ1v) is 11.2. The molecule has 6 heteroatoms. The van der Waals surface area contributed by atoms with Gasteiger partial charge in [-0.3, -0.25) is 4.79 Å². The van der Waals surface area contributed by atoms with Crippen molar-refractivity contribution < 1.29 is 28.8 Å². The van der Waals surface area contributed by atoms with Gasteiger partial charge in [-0.25, -0.2) is 0 Å². The molecule has 2 fully saturated rings. The van der Waals surface area contributed by atoms with Crippen molar-refractivity contribution in [2.24, 2.45) is 16.7 Å². The predicted octanol–water partition coefficient (Wildman–Crippen LogP) is 4.09. The van der Waals surface area contributed by atoms with Crippen molar-refractivity contribution in [1.29, 1.82) is 0 Å². The maximum Gasteiger partial charge on any atom is 0.164 e. The highest BCUT2D eigenvalue weighted by Gasteiger charge is 2.62. The summed E-state index contributed by atoms with van der Waals surface area (Å²) in [6.45, 7) is 8.87. The van der Waals surface area contributed by atoms with Crippen LogP contribution in [-0.2, 0) is 30.3 Å². The Morgan fingerprint density at radius 1 is 1.03 bits per heavy atom. The minimum absolute atomic E-state index is 0.0481. The normalized spacial score (nSPS) is 32.3. The summed E-state index contributed by atoms with van der Waals surface area (Å²) in [6.07, 6.45) is 1.44. The van der Waals surface area contributed by atoms with Gasteiger partial charge < -0.3 is 24.1 Å². The summed E-state index contributed by atoms with van der Waals surface area (Å²) >= 11 is 0. The quantitative estimate of drug-likeness (QED) is 0.491. The monoisotopic (exact) mass is 434 g/mol. The lowest BCUT2D eigenvalue weighted by molar-refractivity contribution is -0.217. The summed E-state index contributed by atoms with van der Waals surface area (Å²) in [4.78, 5) is 13.1. The highest BCUT2D eigenvalue weighted by Crippen LogP contribution is 2.56. The Balaban J connectivity index is 1.83. The SMILES string of the molecule is COCO[C@@H]1C2CCC(O)(C(=O)CCC(C)(C)[C@@H]1OCOCc1ccccc1)C2(C)C. The third-order valence-corrected chi connectivity index (χ3v) is 7.55. The first-order chi connectivity index (χ1) is 14.6. The van der Waals surface area contributed by atoms with Gasteiger partial charge in [0.15, 0.2) is 5.78 Å². The Hall–Kier alpha value is -1.31. The Bertz CT molecular complexity index is 731. The molecule has 1 aromatic rings. The number of hydrogen-bond donors (Lipinski definition) is 1. The third-order valence-electron chi connectivity index (χ3n) is 7.55. The number of hydrogen-bond acceptors (Lipinski definition) is 6. The van der Waals surface area contributed by atoms with Gasteiger partial charge in [-0.15, -0.1) is 0 Å². The number of ether oxygens (including phenoxy) is 4. The summed E-state index contributed by atoms with van der Waals surface area (Å²) in [7, 11) is 1.60. The van der Waals surface area contributed by atoms with Crippen LogP contribution in [0.4, 0.5) is 0 Å². The van der Waals surface area contributed by atoms with Crippen LogP contribution in [0.5, 0.6) is 0 Å². The molecule has 2 bridgehead atoms. The molecule has 0 amide bonds. The molecule has 0 spiro atoms. The van der Waals surface area contributed by atoms with Crippen LogP contribution in [-0.4, -0.2) is 49.4 Å². The Kier molecular flexibility index (Phi) is 7.59. The van der Waals surface area contributed by atoms with Crippen LogP contribution in [0.2, 0.25) is 0 Å². The molecule has 0 aliphatic heterocycles. The van der Waals surface area contributed by atoms with Gasteiger partial charge in [0.1, 0.15) is 19.2 Å². The largest absolute Gasteiger partial charge is 0.382 e. The van der Waals surface area contributed by atoms with Gasteiger partial charge in [0.25, 0.3) is 0 Å². The minimum atomic E-state index is -1.33. The first-order valence-electron chi connectivity index (χ1n) is 11.2. The summed E-state index contributed by atoms with van der Waals surface area (Å²) in [6, 6.07) is 9.97. The Morgan fingerprint density at radius 3 is 2.42 bits per heavy atom. The minimum Gasteiger partial charge on any atom is -0.382 e. The van der Waals surface area contributed by atoms with E-state index in [2.05, 4.69) is 13.8 Å². The van der Waals surface area contributed by atoms with Crippen molar-refractivity contribution in [3.05, 3.63) is 35.9 Å². The molecule has 1 N–H and O–H groups in total. The van der Waals surface area contributed by atoms with E-state index in [1.54, 1.807) is 7.11 Å². The first kappa shape index (κ1) is 24.3. The second kappa shape index (κ2) is 9.67. The van der Waals surface area contributed by atoms with Crippen LogP contribution in [0.15, 0.2) is 30.3 Å². The smallest absolute Gasteiger partial charge is 0.164 e. The molecule has 3 rings (SSSR count). The van der Waals surface area contributed by atoms with Crippen LogP contribution < -0.4 is 0 Å². The molecule has 174 valence electrons.